The van der Waals surface area contributed by atoms with Crippen LogP contribution in [0.5, 0.6) is 0 Å². The van der Waals surface area contributed by atoms with Gasteiger partial charge in [-0.3, -0.25) is 0 Å². The molecular weight excluding hydrogens is 173 g/mol. The minimum absolute atomic E-state index is 0.233. The third-order valence-electron chi connectivity index (χ3n) is 1.35. The molecule has 13 heavy (non-hydrogen) atoms. The van der Waals surface area contributed by atoms with Gasteiger partial charge in [0.05, 0.1) is 5.56 Å². The normalized spacial score (nSPS) is 8.92. The molecule has 4 heteroatoms. The number of halogens is 1. The Kier molecular flexibility index (Phi) is 2.98. The van der Waals surface area contributed by atoms with Gasteiger partial charge in [-0.2, -0.15) is 5.26 Å². The molecule has 0 radical (unpaired) electrons. The van der Waals surface area contributed by atoms with E-state index in [9.17, 15) is 9.18 Å². The number of nitrogens with zero attached hydrogens (tertiary/aromatic N) is 1. The molecule has 0 aliphatic rings. The Morgan fingerprint density at radius 3 is 2.62 bits per heavy atom. The van der Waals surface area contributed by atoms with Crippen molar-refractivity contribution in [2.45, 2.75) is 0 Å². The molecule has 0 aromatic heterocycles. The number of carbonyl (C=O) groups excluding carboxylic acids is 1. The zero-order valence-electron chi connectivity index (χ0n) is 6.66. The van der Waals surface area contributed by atoms with E-state index < -0.39 is 11.8 Å². The highest BCUT2D eigenvalue weighted by Gasteiger charge is 2.05. The van der Waals surface area contributed by atoms with E-state index >= 15 is 0 Å². The molecule has 66 valence electrons. The second-order valence-corrected chi connectivity index (χ2v) is 2.24. The van der Waals surface area contributed by atoms with E-state index in [0.717, 1.165) is 12.1 Å². The first-order chi connectivity index (χ1) is 6.24. The first-order valence-electron chi connectivity index (χ1n) is 3.53. The number of nitriles is 1. The summed E-state index contributed by atoms with van der Waals surface area (Å²) in [6, 6.07) is 6.58. The van der Waals surface area contributed by atoms with Crippen LogP contribution in [0.4, 0.5) is 4.39 Å². The maximum atomic E-state index is 12.4. The second-order valence-electron chi connectivity index (χ2n) is 2.24. The van der Waals surface area contributed by atoms with Gasteiger partial charge in [0.2, 0.25) is 0 Å². The second kappa shape index (κ2) is 4.21. The lowest BCUT2D eigenvalue weighted by Gasteiger charge is -1.98. The number of esters is 1. The fourth-order valence-corrected chi connectivity index (χ4v) is 0.767. The maximum Gasteiger partial charge on any atom is 0.339 e. The lowest BCUT2D eigenvalue weighted by molar-refractivity contribution is 0.0555. The molecule has 0 amide bonds. The molecule has 1 rings (SSSR count). The average Bonchev–Trinajstić information content (AvgIpc) is 2.15. The van der Waals surface area contributed by atoms with Crippen LogP contribution in [0, 0.1) is 17.1 Å². The minimum Gasteiger partial charge on any atom is -0.447 e. The minimum atomic E-state index is -0.624. The summed E-state index contributed by atoms with van der Waals surface area (Å²) in [5.41, 5.74) is 0.233. The van der Waals surface area contributed by atoms with E-state index in [1.807, 2.05) is 0 Å². The highest BCUT2D eigenvalue weighted by molar-refractivity contribution is 5.89. The first-order valence-corrected chi connectivity index (χ1v) is 3.53. The molecule has 1 aromatic carbocycles. The van der Waals surface area contributed by atoms with Crippen LogP contribution >= 0.6 is 0 Å². The van der Waals surface area contributed by atoms with Crippen LogP contribution in [0.2, 0.25) is 0 Å². The fourth-order valence-electron chi connectivity index (χ4n) is 0.767. The van der Waals surface area contributed by atoms with Crippen molar-refractivity contribution in [3.05, 3.63) is 35.6 Å². The zero-order chi connectivity index (χ0) is 9.68. The summed E-state index contributed by atoms with van der Waals surface area (Å²) in [6.07, 6.45) is 0. The first kappa shape index (κ1) is 9.20. The van der Waals surface area contributed by atoms with Crippen molar-refractivity contribution in [1.29, 1.82) is 5.26 Å². The molecule has 0 bridgehead atoms. The molecule has 0 saturated heterocycles. The Balaban J connectivity index is 2.68. The largest absolute Gasteiger partial charge is 0.447 e. The monoisotopic (exact) mass is 179 g/mol. The Morgan fingerprint density at radius 2 is 2.08 bits per heavy atom. The fraction of sp³-hybridized carbons (Fsp3) is 0.111. The Hall–Kier alpha value is -1.89. The van der Waals surface area contributed by atoms with Gasteiger partial charge in [0, 0.05) is 0 Å². The summed E-state index contributed by atoms with van der Waals surface area (Å²) in [5, 5.41) is 8.12. The molecule has 3 nitrogen and oxygen atoms in total. The van der Waals surface area contributed by atoms with Crippen molar-refractivity contribution in [1.82, 2.24) is 0 Å². The summed E-state index contributed by atoms with van der Waals surface area (Å²) in [6.45, 7) is -0.295. The summed E-state index contributed by atoms with van der Waals surface area (Å²) in [4.78, 5) is 11.0. The van der Waals surface area contributed by atoms with Crippen molar-refractivity contribution < 1.29 is 13.9 Å². The predicted octanol–water partition coefficient (Wildman–Crippen LogP) is 1.51. The molecule has 0 spiro atoms. The Labute approximate surface area is 74.4 Å². The van der Waals surface area contributed by atoms with Crippen molar-refractivity contribution >= 4 is 5.97 Å². The van der Waals surface area contributed by atoms with Crippen molar-refractivity contribution in [3.8, 4) is 6.07 Å². The Morgan fingerprint density at radius 1 is 1.46 bits per heavy atom. The molecular formula is C9H6FNO2. The molecule has 0 heterocycles. The maximum absolute atomic E-state index is 12.4. The molecule has 0 aliphatic carbocycles. The van der Waals surface area contributed by atoms with Gasteiger partial charge in [0.15, 0.2) is 6.61 Å². The standard InChI is InChI=1S/C9H6FNO2/c10-8-3-1-7(2-4-8)9(12)13-6-5-11/h1-4H,6H2. The third kappa shape index (κ3) is 2.56. The van der Waals surface area contributed by atoms with E-state index in [-0.39, 0.29) is 12.2 Å². The Bertz CT molecular complexity index is 340. The lowest BCUT2D eigenvalue weighted by Crippen LogP contribution is -2.04. The van der Waals surface area contributed by atoms with Gasteiger partial charge in [0.25, 0.3) is 0 Å². The highest BCUT2D eigenvalue weighted by Crippen LogP contribution is 2.03. The van der Waals surface area contributed by atoms with Crippen LogP contribution in [-0.4, -0.2) is 12.6 Å². The third-order valence-corrected chi connectivity index (χ3v) is 1.35. The summed E-state index contributed by atoms with van der Waals surface area (Å²) in [7, 11) is 0. The number of hydrogen-bond acceptors (Lipinski definition) is 3. The van der Waals surface area contributed by atoms with Gasteiger partial charge in [-0.1, -0.05) is 0 Å². The van der Waals surface area contributed by atoms with Gasteiger partial charge in [-0.25, -0.2) is 9.18 Å². The van der Waals surface area contributed by atoms with Gasteiger partial charge < -0.3 is 4.74 Å². The van der Waals surface area contributed by atoms with Crippen LogP contribution in [0.25, 0.3) is 0 Å². The van der Waals surface area contributed by atoms with Crippen LogP contribution in [0.15, 0.2) is 24.3 Å². The molecule has 0 aliphatic heterocycles. The molecule has 0 unspecified atom stereocenters. The van der Waals surface area contributed by atoms with E-state index in [1.165, 1.54) is 12.1 Å². The van der Waals surface area contributed by atoms with Crippen molar-refractivity contribution in [2.75, 3.05) is 6.61 Å². The van der Waals surface area contributed by atoms with Gasteiger partial charge >= 0.3 is 5.97 Å². The molecule has 0 atom stereocenters. The summed E-state index contributed by atoms with van der Waals surface area (Å²) in [5.74, 6) is -1.04. The van der Waals surface area contributed by atoms with Crippen LogP contribution in [0.3, 0.4) is 0 Å². The summed E-state index contributed by atoms with van der Waals surface area (Å²) < 4.78 is 16.9. The summed E-state index contributed by atoms with van der Waals surface area (Å²) >= 11 is 0. The van der Waals surface area contributed by atoms with E-state index in [0.29, 0.717) is 0 Å². The molecule has 0 fully saturated rings. The van der Waals surface area contributed by atoms with Crippen molar-refractivity contribution in [2.24, 2.45) is 0 Å². The van der Waals surface area contributed by atoms with Crippen molar-refractivity contribution in [3.63, 3.8) is 0 Å². The quantitative estimate of drug-likeness (QED) is 0.646. The van der Waals surface area contributed by atoms with E-state index in [4.69, 9.17) is 5.26 Å². The number of ether oxygens (including phenoxy) is 1. The van der Waals surface area contributed by atoms with Crippen LogP contribution in [-0.2, 0) is 4.74 Å². The highest BCUT2D eigenvalue weighted by atomic mass is 19.1. The zero-order valence-corrected chi connectivity index (χ0v) is 6.66. The van der Waals surface area contributed by atoms with Gasteiger partial charge in [0.1, 0.15) is 11.9 Å². The van der Waals surface area contributed by atoms with Gasteiger partial charge in [-0.15, -0.1) is 0 Å². The molecule has 0 saturated carbocycles. The lowest BCUT2D eigenvalue weighted by atomic mass is 10.2. The topological polar surface area (TPSA) is 50.1 Å². The number of benzene rings is 1. The molecule has 1 aromatic rings. The number of hydrogen-bond donors (Lipinski definition) is 0. The molecule has 0 N–H and O–H groups in total. The van der Waals surface area contributed by atoms with E-state index in [1.54, 1.807) is 6.07 Å². The van der Waals surface area contributed by atoms with E-state index in [2.05, 4.69) is 4.74 Å². The SMILES string of the molecule is N#CCOC(=O)c1ccc(F)cc1. The van der Waals surface area contributed by atoms with Crippen LogP contribution in [0.1, 0.15) is 10.4 Å². The van der Waals surface area contributed by atoms with Crippen LogP contribution < -0.4 is 0 Å². The average molecular weight is 179 g/mol. The predicted molar refractivity (Wildman–Crippen MR) is 42.3 cm³/mol. The number of carbonyl (C=O) groups is 1. The van der Waals surface area contributed by atoms with Gasteiger partial charge in [-0.05, 0) is 24.3 Å². The smallest absolute Gasteiger partial charge is 0.339 e. The number of rotatable bonds is 2.